The van der Waals surface area contributed by atoms with Crippen LogP contribution in [-0.4, -0.2) is 20.8 Å². The van der Waals surface area contributed by atoms with Gasteiger partial charge in [-0.3, -0.25) is 4.79 Å². The predicted octanol–water partition coefficient (Wildman–Crippen LogP) is 3.36. The fourth-order valence-corrected chi connectivity index (χ4v) is 2.21. The highest BCUT2D eigenvalue weighted by atomic mass is 16.1. The van der Waals surface area contributed by atoms with Crippen molar-refractivity contribution < 1.29 is 4.79 Å². The molecule has 0 aliphatic heterocycles. The Balaban J connectivity index is 2.10. The summed E-state index contributed by atoms with van der Waals surface area (Å²) in [6.07, 6.45) is 1.70. The van der Waals surface area contributed by atoms with Crippen molar-refractivity contribution in [3.05, 3.63) is 84.6 Å². The monoisotopic (exact) mass is 289 g/mol. The van der Waals surface area contributed by atoms with Gasteiger partial charge in [-0.15, -0.1) is 11.7 Å². The smallest absolute Gasteiger partial charge is 0.215 e. The number of nitrogens with zero attached hydrogens (tertiary/aromatic N) is 3. The van der Waals surface area contributed by atoms with Crippen LogP contribution in [0.5, 0.6) is 0 Å². The van der Waals surface area contributed by atoms with Gasteiger partial charge in [0.2, 0.25) is 5.78 Å². The molecule has 0 fully saturated rings. The molecule has 0 unspecified atom stereocenters. The van der Waals surface area contributed by atoms with Crippen LogP contribution in [-0.2, 0) is 6.54 Å². The zero-order chi connectivity index (χ0) is 15.4. The molecule has 3 rings (SSSR count). The summed E-state index contributed by atoms with van der Waals surface area (Å²) >= 11 is 0. The Kier molecular flexibility index (Phi) is 3.92. The first kappa shape index (κ1) is 13.9. The lowest BCUT2D eigenvalue weighted by Gasteiger charge is -2.00. The van der Waals surface area contributed by atoms with E-state index in [9.17, 15) is 4.79 Å². The first-order chi connectivity index (χ1) is 10.8. The average molecular weight is 289 g/mol. The van der Waals surface area contributed by atoms with E-state index >= 15 is 0 Å². The third-order valence-corrected chi connectivity index (χ3v) is 3.25. The molecule has 0 N–H and O–H groups in total. The van der Waals surface area contributed by atoms with E-state index in [1.54, 1.807) is 18.2 Å². The highest BCUT2D eigenvalue weighted by Crippen LogP contribution is 2.22. The van der Waals surface area contributed by atoms with E-state index in [2.05, 4.69) is 16.8 Å². The average Bonchev–Trinajstić information content (AvgIpc) is 3.00. The number of carbonyl (C=O) groups excluding carboxylic acids is 1. The van der Waals surface area contributed by atoms with Crippen molar-refractivity contribution in [3.8, 4) is 11.3 Å². The van der Waals surface area contributed by atoms with Crippen LogP contribution in [0, 0.1) is 0 Å². The minimum Gasteiger partial charge on any atom is -0.287 e. The van der Waals surface area contributed by atoms with Gasteiger partial charge >= 0.3 is 0 Å². The molecular formula is C18H15N3O. The maximum atomic E-state index is 12.7. The van der Waals surface area contributed by atoms with Crippen LogP contribution in [0.1, 0.15) is 16.1 Å². The van der Waals surface area contributed by atoms with E-state index in [0.29, 0.717) is 23.5 Å². The quantitative estimate of drug-likeness (QED) is 0.534. The highest BCUT2D eigenvalue weighted by Gasteiger charge is 2.20. The van der Waals surface area contributed by atoms with Crippen LogP contribution in [0.2, 0.25) is 0 Å². The van der Waals surface area contributed by atoms with E-state index in [1.165, 1.54) is 4.80 Å². The van der Waals surface area contributed by atoms with Gasteiger partial charge in [-0.1, -0.05) is 66.7 Å². The molecule has 0 amide bonds. The molecular weight excluding hydrogens is 274 g/mol. The first-order valence-corrected chi connectivity index (χ1v) is 7.01. The second kappa shape index (κ2) is 6.18. The van der Waals surface area contributed by atoms with Crippen molar-refractivity contribution in [3.63, 3.8) is 0 Å². The minimum absolute atomic E-state index is 0.130. The molecule has 0 aliphatic carbocycles. The van der Waals surface area contributed by atoms with Gasteiger partial charge in [-0.2, -0.15) is 9.90 Å². The summed E-state index contributed by atoms with van der Waals surface area (Å²) in [5.41, 5.74) is 2.43. The second-order valence-corrected chi connectivity index (χ2v) is 4.80. The lowest BCUT2D eigenvalue weighted by atomic mass is 10.0. The molecule has 0 radical (unpaired) electrons. The summed E-state index contributed by atoms with van der Waals surface area (Å²) in [7, 11) is 0. The van der Waals surface area contributed by atoms with Gasteiger partial charge in [-0.25, -0.2) is 0 Å². The van der Waals surface area contributed by atoms with Crippen LogP contribution in [0.25, 0.3) is 11.3 Å². The standard InChI is InChI=1S/C18H15N3O/c1-2-13-21-19-16(14-9-5-3-6-10-14)17(20-21)18(22)15-11-7-4-8-12-15/h2-12H,1,13H2. The molecule has 0 spiro atoms. The molecule has 0 atom stereocenters. The van der Waals surface area contributed by atoms with E-state index < -0.39 is 0 Å². The summed E-state index contributed by atoms with van der Waals surface area (Å²) in [5, 5.41) is 8.77. The van der Waals surface area contributed by atoms with Crippen molar-refractivity contribution in [1.29, 1.82) is 0 Å². The van der Waals surface area contributed by atoms with Crippen molar-refractivity contribution in [2.24, 2.45) is 0 Å². The molecule has 108 valence electrons. The number of rotatable bonds is 5. The molecule has 3 aromatic rings. The number of allylic oxidation sites excluding steroid dienone is 1. The summed E-state index contributed by atoms with van der Waals surface area (Å²) in [6, 6.07) is 18.7. The molecule has 4 nitrogen and oxygen atoms in total. The number of hydrogen-bond donors (Lipinski definition) is 0. The minimum atomic E-state index is -0.130. The van der Waals surface area contributed by atoms with Crippen LogP contribution < -0.4 is 0 Å². The summed E-state index contributed by atoms with van der Waals surface area (Å²) in [4.78, 5) is 14.2. The topological polar surface area (TPSA) is 47.8 Å². The molecule has 22 heavy (non-hydrogen) atoms. The number of aromatic nitrogens is 3. The zero-order valence-corrected chi connectivity index (χ0v) is 12.0. The second-order valence-electron chi connectivity index (χ2n) is 4.80. The van der Waals surface area contributed by atoms with Crippen molar-refractivity contribution >= 4 is 5.78 Å². The third kappa shape index (κ3) is 2.72. The summed E-state index contributed by atoms with van der Waals surface area (Å²) in [5.74, 6) is -0.130. The Morgan fingerprint density at radius 2 is 1.64 bits per heavy atom. The Labute approximate surface area is 128 Å². The van der Waals surface area contributed by atoms with Crippen molar-refractivity contribution in [2.45, 2.75) is 6.54 Å². The molecule has 0 bridgehead atoms. The van der Waals surface area contributed by atoms with Crippen LogP contribution in [0.4, 0.5) is 0 Å². The summed E-state index contributed by atoms with van der Waals surface area (Å²) < 4.78 is 0. The van der Waals surface area contributed by atoms with Crippen LogP contribution >= 0.6 is 0 Å². The van der Waals surface area contributed by atoms with Gasteiger partial charge in [0.1, 0.15) is 5.69 Å². The maximum Gasteiger partial charge on any atom is 0.215 e. The summed E-state index contributed by atoms with van der Waals surface area (Å²) in [6.45, 7) is 4.15. The normalized spacial score (nSPS) is 10.4. The van der Waals surface area contributed by atoms with Crippen molar-refractivity contribution in [1.82, 2.24) is 15.0 Å². The lowest BCUT2D eigenvalue weighted by Crippen LogP contribution is -2.05. The number of carbonyl (C=O) groups is 1. The molecule has 4 heteroatoms. The van der Waals surface area contributed by atoms with E-state index in [0.717, 1.165) is 5.56 Å². The van der Waals surface area contributed by atoms with Crippen LogP contribution in [0.3, 0.4) is 0 Å². The molecule has 0 aliphatic rings. The molecule has 1 aromatic heterocycles. The van der Waals surface area contributed by atoms with Gasteiger partial charge in [0.25, 0.3) is 0 Å². The van der Waals surface area contributed by atoms with Crippen molar-refractivity contribution in [2.75, 3.05) is 0 Å². The van der Waals surface area contributed by atoms with Gasteiger partial charge in [-0.05, 0) is 0 Å². The number of benzene rings is 2. The van der Waals surface area contributed by atoms with Gasteiger partial charge < -0.3 is 0 Å². The molecule has 2 aromatic carbocycles. The zero-order valence-electron chi connectivity index (χ0n) is 12.0. The Bertz CT molecular complexity index is 792. The van der Waals surface area contributed by atoms with E-state index in [-0.39, 0.29) is 5.78 Å². The SMILES string of the molecule is C=CCn1nc(C(=O)c2ccccc2)c(-c2ccccc2)n1. The number of hydrogen-bond acceptors (Lipinski definition) is 3. The predicted molar refractivity (Wildman–Crippen MR) is 85.5 cm³/mol. The maximum absolute atomic E-state index is 12.7. The first-order valence-electron chi connectivity index (χ1n) is 7.01. The highest BCUT2D eigenvalue weighted by molar-refractivity contribution is 6.10. The molecule has 0 saturated carbocycles. The fraction of sp³-hybridized carbons (Fsp3) is 0.0556. The van der Waals surface area contributed by atoms with E-state index in [1.807, 2.05) is 48.5 Å². The van der Waals surface area contributed by atoms with Gasteiger partial charge in [0.05, 0.1) is 6.54 Å². The molecule has 0 saturated heterocycles. The Morgan fingerprint density at radius 1 is 1.00 bits per heavy atom. The molecule has 1 heterocycles. The van der Waals surface area contributed by atoms with Crippen LogP contribution in [0.15, 0.2) is 73.3 Å². The fourth-order valence-electron chi connectivity index (χ4n) is 2.21. The third-order valence-electron chi connectivity index (χ3n) is 3.25. The van der Waals surface area contributed by atoms with E-state index in [4.69, 9.17) is 0 Å². The lowest BCUT2D eigenvalue weighted by molar-refractivity contribution is 0.103. The Morgan fingerprint density at radius 3 is 2.27 bits per heavy atom. The largest absolute Gasteiger partial charge is 0.287 e. The number of ketones is 1. The van der Waals surface area contributed by atoms with Gasteiger partial charge in [0.15, 0.2) is 5.69 Å². The van der Waals surface area contributed by atoms with Gasteiger partial charge in [0, 0.05) is 11.1 Å². The Hall–Kier alpha value is -3.01.